The van der Waals surface area contributed by atoms with Gasteiger partial charge in [-0.25, -0.2) is 4.57 Å². The number of phosphoric ester groups is 1. The molecule has 1 saturated heterocycles. The molecule has 2 heterocycles. The maximum absolute atomic E-state index is 12.8. The molecule has 1 aliphatic rings. The van der Waals surface area contributed by atoms with Crippen LogP contribution in [0.25, 0.3) is 0 Å². The van der Waals surface area contributed by atoms with Crippen LogP contribution in [0.4, 0.5) is 0 Å². The largest absolute Gasteiger partial charge is 0.472 e. The SMILES string of the molecule is CCCCCCCCCCCCCCCCCCOC[C@H](COP(=O)(O)OC[C@H]1OC(n2ccc(=O)[nH]c2=S)[C@H](O)[C@@H]1O)OCc1ccccc1. The summed E-state index contributed by atoms with van der Waals surface area (Å²) >= 11 is 5.11. The lowest BCUT2D eigenvalue weighted by Crippen LogP contribution is -2.34. The van der Waals surface area contributed by atoms with Gasteiger partial charge in [0.2, 0.25) is 0 Å². The van der Waals surface area contributed by atoms with Gasteiger partial charge < -0.3 is 29.3 Å². The van der Waals surface area contributed by atoms with E-state index in [1.807, 2.05) is 30.3 Å². The Balaban J connectivity index is 1.31. The summed E-state index contributed by atoms with van der Waals surface area (Å²) in [7, 11) is -4.61. The summed E-state index contributed by atoms with van der Waals surface area (Å²) in [6.07, 6.45) is 16.2. The summed E-state index contributed by atoms with van der Waals surface area (Å²) < 4.78 is 41.9. The molecule has 0 aliphatic carbocycles. The molecule has 0 spiro atoms. The molecule has 6 atom stereocenters. The molecule has 12 nitrogen and oxygen atoms in total. The van der Waals surface area contributed by atoms with Crippen molar-refractivity contribution in [3.8, 4) is 0 Å². The normalized spacial score (nSPS) is 20.8. The molecular weight excluding hydrogens is 695 g/mol. The van der Waals surface area contributed by atoms with Gasteiger partial charge in [-0.1, -0.05) is 134 Å². The van der Waals surface area contributed by atoms with Crippen molar-refractivity contribution in [3.05, 3.63) is 63.3 Å². The van der Waals surface area contributed by atoms with E-state index in [0.717, 1.165) is 18.4 Å². The van der Waals surface area contributed by atoms with Gasteiger partial charge >= 0.3 is 7.82 Å². The third-order valence-electron chi connectivity index (χ3n) is 9.06. The minimum Gasteiger partial charge on any atom is -0.387 e. The highest BCUT2D eigenvalue weighted by molar-refractivity contribution is 7.71. The van der Waals surface area contributed by atoms with Gasteiger partial charge in [-0.3, -0.25) is 23.4 Å². The fraction of sp³-hybridized carbons (Fsp3) is 0.730. The molecule has 2 unspecified atom stereocenters. The van der Waals surface area contributed by atoms with Gasteiger partial charge in [-0.05, 0) is 24.2 Å². The molecule has 0 radical (unpaired) electrons. The van der Waals surface area contributed by atoms with Crippen molar-refractivity contribution in [1.29, 1.82) is 0 Å². The zero-order chi connectivity index (χ0) is 36.7. The van der Waals surface area contributed by atoms with E-state index in [1.54, 1.807) is 0 Å². The Bertz CT molecular complexity index is 1360. The lowest BCUT2D eigenvalue weighted by molar-refractivity contribution is -0.0627. The summed E-state index contributed by atoms with van der Waals surface area (Å²) in [6, 6.07) is 10.7. The van der Waals surface area contributed by atoms with Crippen molar-refractivity contribution in [2.24, 2.45) is 0 Å². The first-order valence-corrected chi connectivity index (χ1v) is 20.8. The molecule has 1 aliphatic heterocycles. The minimum absolute atomic E-state index is 0.0185. The molecule has 1 fully saturated rings. The Morgan fingerprint density at radius 2 is 1.43 bits per heavy atom. The van der Waals surface area contributed by atoms with Crippen LogP contribution in [-0.4, -0.2) is 75.5 Å². The number of phosphoric acid groups is 1. The number of aromatic amines is 1. The number of unbranched alkanes of at least 4 members (excludes halogenated alkanes) is 15. The quantitative estimate of drug-likeness (QED) is 0.0369. The molecule has 1 aromatic heterocycles. The standard InChI is InChI=1S/C37H61N2O10PS/c1-2-3-4-5-6-7-8-9-10-11-12-13-14-15-16-20-25-45-27-31(46-26-30-21-18-17-19-22-30)28-47-50(43,44)48-29-32-34(41)35(42)36(49-32)39-24-23-33(40)38-37(39)51/h17-19,21-24,31-32,34-36,41-42H,2-16,20,25-29H2,1H3,(H,43,44)(H,38,40,51)/t31-,32-,34-,35-,36?/m1/s1. The number of benzene rings is 1. The molecule has 3 rings (SSSR count). The van der Waals surface area contributed by atoms with Crippen molar-refractivity contribution in [1.82, 2.24) is 9.55 Å². The molecule has 14 heteroatoms. The van der Waals surface area contributed by atoms with E-state index >= 15 is 0 Å². The Hall–Kier alpha value is -1.77. The number of nitrogens with zero attached hydrogens (tertiary/aromatic N) is 1. The van der Waals surface area contributed by atoms with E-state index < -0.39 is 50.6 Å². The molecular formula is C37H61N2O10PS. The second-order valence-corrected chi connectivity index (χ2v) is 15.3. The summed E-state index contributed by atoms with van der Waals surface area (Å²) in [5, 5.41) is 21.0. The molecule has 0 amide bonds. The first kappa shape index (κ1) is 43.6. The van der Waals surface area contributed by atoms with Gasteiger partial charge in [0.05, 0.1) is 26.4 Å². The molecule has 290 valence electrons. The number of hydrogen-bond acceptors (Lipinski definition) is 10. The predicted octanol–water partition coefficient (Wildman–Crippen LogP) is 7.52. The summed E-state index contributed by atoms with van der Waals surface area (Å²) in [5.74, 6) is 0. The van der Waals surface area contributed by atoms with Crippen molar-refractivity contribution in [2.75, 3.05) is 26.4 Å². The van der Waals surface area contributed by atoms with Gasteiger partial charge in [0.25, 0.3) is 5.56 Å². The Morgan fingerprint density at radius 3 is 2.02 bits per heavy atom. The van der Waals surface area contributed by atoms with E-state index in [-0.39, 0.29) is 24.6 Å². The topological polar surface area (TPSA) is 162 Å². The minimum atomic E-state index is -4.61. The van der Waals surface area contributed by atoms with Crippen molar-refractivity contribution in [3.63, 3.8) is 0 Å². The number of aliphatic hydroxyl groups excluding tert-OH is 2. The second-order valence-electron chi connectivity index (χ2n) is 13.4. The van der Waals surface area contributed by atoms with E-state index in [1.165, 1.54) is 107 Å². The number of hydrogen-bond donors (Lipinski definition) is 4. The van der Waals surface area contributed by atoms with Gasteiger partial charge in [-0.15, -0.1) is 0 Å². The number of rotatable bonds is 29. The third kappa shape index (κ3) is 17.7. The van der Waals surface area contributed by atoms with Crippen LogP contribution < -0.4 is 5.56 Å². The van der Waals surface area contributed by atoms with Crippen LogP contribution in [0, 0.1) is 4.77 Å². The Labute approximate surface area is 308 Å². The van der Waals surface area contributed by atoms with Crippen LogP contribution in [0.1, 0.15) is 121 Å². The zero-order valence-electron chi connectivity index (χ0n) is 30.3. The first-order chi connectivity index (χ1) is 24.7. The van der Waals surface area contributed by atoms with E-state index in [0.29, 0.717) is 6.61 Å². The second kappa shape index (κ2) is 25.3. The maximum atomic E-state index is 12.8. The number of ether oxygens (including phenoxy) is 3. The highest BCUT2D eigenvalue weighted by Gasteiger charge is 2.45. The fourth-order valence-electron chi connectivity index (χ4n) is 6.01. The maximum Gasteiger partial charge on any atom is 0.472 e. The van der Waals surface area contributed by atoms with Crippen molar-refractivity contribution < 1.29 is 42.9 Å². The third-order valence-corrected chi connectivity index (χ3v) is 10.3. The smallest absolute Gasteiger partial charge is 0.387 e. The number of nitrogens with one attached hydrogen (secondary N) is 1. The van der Waals surface area contributed by atoms with Gasteiger partial charge in [0.15, 0.2) is 11.0 Å². The van der Waals surface area contributed by atoms with Crippen LogP contribution in [-0.2, 0) is 34.4 Å². The van der Waals surface area contributed by atoms with Gasteiger partial charge in [0, 0.05) is 18.9 Å². The predicted molar refractivity (Wildman–Crippen MR) is 199 cm³/mol. The molecule has 0 saturated carbocycles. The summed E-state index contributed by atoms with van der Waals surface area (Å²) in [4.78, 5) is 24.3. The van der Waals surface area contributed by atoms with Crippen molar-refractivity contribution >= 4 is 20.0 Å². The zero-order valence-corrected chi connectivity index (χ0v) is 32.0. The number of aromatic nitrogens is 2. The van der Waals surface area contributed by atoms with E-state index in [4.69, 9.17) is 35.5 Å². The van der Waals surface area contributed by atoms with Crippen LogP contribution in [0.15, 0.2) is 47.4 Å². The fourth-order valence-corrected chi connectivity index (χ4v) is 7.04. The average molecular weight is 757 g/mol. The molecule has 4 N–H and O–H groups in total. The molecule has 2 aromatic rings. The lowest BCUT2D eigenvalue weighted by atomic mass is 10.0. The monoisotopic (exact) mass is 756 g/mol. The van der Waals surface area contributed by atoms with Crippen LogP contribution in [0.3, 0.4) is 0 Å². The number of H-pyrrole nitrogens is 1. The molecule has 0 bridgehead atoms. The lowest BCUT2D eigenvalue weighted by Gasteiger charge is -2.21. The molecule has 1 aromatic carbocycles. The Kier molecular flexibility index (Phi) is 21.6. The van der Waals surface area contributed by atoms with E-state index in [9.17, 15) is 24.5 Å². The van der Waals surface area contributed by atoms with Crippen LogP contribution in [0.5, 0.6) is 0 Å². The average Bonchev–Trinajstić information content (AvgIpc) is 3.40. The number of aliphatic hydroxyl groups is 2. The van der Waals surface area contributed by atoms with Gasteiger partial charge in [-0.2, -0.15) is 0 Å². The Morgan fingerprint density at radius 1 is 0.843 bits per heavy atom. The summed E-state index contributed by atoms with van der Waals surface area (Å²) in [5.41, 5.74) is 0.506. The molecule has 51 heavy (non-hydrogen) atoms. The van der Waals surface area contributed by atoms with Gasteiger partial charge in [0.1, 0.15) is 24.4 Å². The highest BCUT2D eigenvalue weighted by Crippen LogP contribution is 2.44. The van der Waals surface area contributed by atoms with Crippen molar-refractivity contribution in [2.45, 2.75) is 147 Å². The van der Waals surface area contributed by atoms with E-state index in [2.05, 4.69) is 11.9 Å². The summed E-state index contributed by atoms with van der Waals surface area (Å²) in [6.45, 7) is 2.43. The van der Waals surface area contributed by atoms with Crippen LogP contribution in [0.2, 0.25) is 0 Å². The highest BCUT2D eigenvalue weighted by atomic mass is 32.1. The first-order valence-electron chi connectivity index (χ1n) is 18.9. The van der Waals surface area contributed by atoms with Crippen LogP contribution >= 0.6 is 20.0 Å².